The standard InChI is InChI=1S/C15H28N2O/c1-10(11-7-6-8-16-9-11)17-13(18)12-14(2,3)15(12,4)5/h10-12,16H,6-9H2,1-5H3,(H,17,18). The molecule has 0 spiro atoms. The molecule has 2 aliphatic rings. The maximum absolute atomic E-state index is 12.4. The monoisotopic (exact) mass is 252 g/mol. The van der Waals surface area contributed by atoms with E-state index in [4.69, 9.17) is 0 Å². The van der Waals surface area contributed by atoms with Crippen LogP contribution >= 0.6 is 0 Å². The molecule has 2 atom stereocenters. The Morgan fingerprint density at radius 3 is 2.33 bits per heavy atom. The van der Waals surface area contributed by atoms with Gasteiger partial charge in [0.15, 0.2) is 0 Å². The lowest BCUT2D eigenvalue weighted by Crippen LogP contribution is -2.45. The molecule has 1 saturated heterocycles. The topological polar surface area (TPSA) is 41.1 Å². The van der Waals surface area contributed by atoms with Crippen molar-refractivity contribution in [3.8, 4) is 0 Å². The fourth-order valence-corrected chi connectivity index (χ4v) is 3.58. The molecule has 1 amide bonds. The Hall–Kier alpha value is -0.570. The third-order valence-electron chi connectivity index (χ3n) is 5.69. The van der Waals surface area contributed by atoms with Crippen molar-refractivity contribution in [3.63, 3.8) is 0 Å². The lowest BCUT2D eigenvalue weighted by atomic mass is 9.92. The predicted molar refractivity (Wildman–Crippen MR) is 74.3 cm³/mol. The molecule has 3 heteroatoms. The smallest absolute Gasteiger partial charge is 0.224 e. The molecule has 2 rings (SSSR count). The first kappa shape index (κ1) is 13.9. The molecule has 104 valence electrons. The zero-order valence-corrected chi connectivity index (χ0v) is 12.5. The molecule has 2 N–H and O–H groups in total. The van der Waals surface area contributed by atoms with E-state index in [1.54, 1.807) is 0 Å². The molecule has 0 radical (unpaired) electrons. The molecule has 0 aromatic rings. The molecule has 18 heavy (non-hydrogen) atoms. The highest BCUT2D eigenvalue weighted by molar-refractivity contribution is 5.84. The largest absolute Gasteiger partial charge is 0.353 e. The minimum Gasteiger partial charge on any atom is -0.353 e. The van der Waals surface area contributed by atoms with Crippen molar-refractivity contribution in [3.05, 3.63) is 0 Å². The number of amides is 1. The van der Waals surface area contributed by atoms with Crippen LogP contribution < -0.4 is 10.6 Å². The Labute approximate surface area is 111 Å². The van der Waals surface area contributed by atoms with Crippen LogP contribution in [0.1, 0.15) is 47.5 Å². The number of hydrogen-bond acceptors (Lipinski definition) is 2. The summed E-state index contributed by atoms with van der Waals surface area (Å²) < 4.78 is 0. The normalized spacial score (nSPS) is 31.7. The summed E-state index contributed by atoms with van der Waals surface area (Å²) in [7, 11) is 0. The first-order valence-corrected chi connectivity index (χ1v) is 7.29. The number of hydrogen-bond donors (Lipinski definition) is 2. The summed E-state index contributed by atoms with van der Waals surface area (Å²) >= 11 is 0. The molecule has 2 unspecified atom stereocenters. The summed E-state index contributed by atoms with van der Waals surface area (Å²) in [6, 6.07) is 0.289. The van der Waals surface area contributed by atoms with Crippen molar-refractivity contribution in [2.45, 2.75) is 53.5 Å². The van der Waals surface area contributed by atoms with Crippen LogP contribution in [-0.2, 0) is 4.79 Å². The molecule has 1 aliphatic heterocycles. The SMILES string of the molecule is CC(NC(=O)C1C(C)(C)C1(C)C)C1CCCNC1. The predicted octanol–water partition coefficient (Wildman–Crippen LogP) is 2.17. The molecule has 0 bridgehead atoms. The molecule has 3 nitrogen and oxygen atoms in total. The lowest BCUT2D eigenvalue weighted by Gasteiger charge is -2.29. The Morgan fingerprint density at radius 1 is 1.28 bits per heavy atom. The summed E-state index contributed by atoms with van der Waals surface area (Å²) in [6.45, 7) is 13.1. The van der Waals surface area contributed by atoms with Crippen LogP contribution in [-0.4, -0.2) is 25.0 Å². The van der Waals surface area contributed by atoms with Crippen LogP contribution in [0, 0.1) is 22.7 Å². The summed E-state index contributed by atoms with van der Waals surface area (Å²) in [5, 5.41) is 6.66. The van der Waals surface area contributed by atoms with E-state index in [2.05, 4.69) is 45.3 Å². The van der Waals surface area contributed by atoms with Crippen LogP contribution in [0.25, 0.3) is 0 Å². The fourth-order valence-electron chi connectivity index (χ4n) is 3.58. The van der Waals surface area contributed by atoms with Gasteiger partial charge in [0, 0.05) is 12.0 Å². The minimum absolute atomic E-state index is 0.140. The molecule has 1 saturated carbocycles. The quantitative estimate of drug-likeness (QED) is 0.808. The van der Waals surface area contributed by atoms with Gasteiger partial charge in [-0.1, -0.05) is 27.7 Å². The van der Waals surface area contributed by atoms with Crippen LogP contribution in [0.5, 0.6) is 0 Å². The van der Waals surface area contributed by atoms with Gasteiger partial charge in [-0.25, -0.2) is 0 Å². The zero-order chi connectivity index (χ0) is 13.6. The van der Waals surface area contributed by atoms with Crippen LogP contribution in [0.3, 0.4) is 0 Å². The molecule has 0 aromatic heterocycles. The lowest BCUT2D eigenvalue weighted by molar-refractivity contribution is -0.124. The van der Waals surface area contributed by atoms with E-state index in [1.807, 2.05) is 0 Å². The van der Waals surface area contributed by atoms with Gasteiger partial charge < -0.3 is 10.6 Å². The number of nitrogens with one attached hydrogen (secondary N) is 2. The number of piperidine rings is 1. The van der Waals surface area contributed by atoms with E-state index >= 15 is 0 Å². The van der Waals surface area contributed by atoms with Gasteiger partial charge in [-0.15, -0.1) is 0 Å². The number of carbonyl (C=O) groups is 1. The molecule has 0 aromatic carbocycles. The van der Waals surface area contributed by atoms with Crippen molar-refractivity contribution in [1.82, 2.24) is 10.6 Å². The fraction of sp³-hybridized carbons (Fsp3) is 0.933. The second-order valence-electron chi connectivity index (χ2n) is 7.28. The second-order valence-corrected chi connectivity index (χ2v) is 7.28. The maximum Gasteiger partial charge on any atom is 0.224 e. The van der Waals surface area contributed by atoms with E-state index < -0.39 is 0 Å². The van der Waals surface area contributed by atoms with E-state index in [1.165, 1.54) is 12.8 Å². The van der Waals surface area contributed by atoms with Gasteiger partial charge in [0.2, 0.25) is 5.91 Å². The Bertz CT molecular complexity index is 315. The summed E-state index contributed by atoms with van der Waals surface area (Å²) in [5.41, 5.74) is 0.281. The van der Waals surface area contributed by atoms with E-state index in [0.717, 1.165) is 13.1 Å². The first-order valence-electron chi connectivity index (χ1n) is 7.29. The summed E-state index contributed by atoms with van der Waals surface area (Å²) in [5.74, 6) is 1.01. The van der Waals surface area contributed by atoms with Gasteiger partial charge in [-0.2, -0.15) is 0 Å². The van der Waals surface area contributed by atoms with E-state index in [-0.39, 0.29) is 28.7 Å². The van der Waals surface area contributed by atoms with Crippen molar-refractivity contribution in [1.29, 1.82) is 0 Å². The number of rotatable bonds is 3. The molecule has 1 aliphatic carbocycles. The highest BCUT2D eigenvalue weighted by Crippen LogP contribution is 2.68. The zero-order valence-electron chi connectivity index (χ0n) is 12.5. The Balaban J connectivity index is 1.88. The summed E-state index contributed by atoms with van der Waals surface area (Å²) in [6.07, 6.45) is 2.46. The van der Waals surface area contributed by atoms with Crippen molar-refractivity contribution in [2.24, 2.45) is 22.7 Å². The summed E-state index contributed by atoms with van der Waals surface area (Å²) in [4.78, 5) is 12.4. The van der Waals surface area contributed by atoms with Crippen molar-refractivity contribution in [2.75, 3.05) is 13.1 Å². The Morgan fingerprint density at radius 2 is 1.89 bits per heavy atom. The highest BCUT2D eigenvalue weighted by atomic mass is 16.2. The van der Waals surface area contributed by atoms with E-state index in [9.17, 15) is 4.79 Å². The van der Waals surface area contributed by atoms with Gasteiger partial charge in [-0.05, 0) is 49.6 Å². The van der Waals surface area contributed by atoms with Crippen LogP contribution in [0.4, 0.5) is 0 Å². The van der Waals surface area contributed by atoms with Gasteiger partial charge in [-0.3, -0.25) is 4.79 Å². The third kappa shape index (κ3) is 2.18. The number of carbonyl (C=O) groups excluding carboxylic acids is 1. The molecule has 2 fully saturated rings. The Kier molecular flexibility index (Phi) is 3.48. The van der Waals surface area contributed by atoms with Gasteiger partial charge in [0.1, 0.15) is 0 Å². The van der Waals surface area contributed by atoms with Crippen molar-refractivity contribution >= 4 is 5.91 Å². The third-order valence-corrected chi connectivity index (χ3v) is 5.69. The second kappa shape index (κ2) is 4.52. The van der Waals surface area contributed by atoms with Gasteiger partial charge >= 0.3 is 0 Å². The average Bonchev–Trinajstić information content (AvgIpc) is 2.70. The average molecular weight is 252 g/mol. The highest BCUT2D eigenvalue weighted by Gasteiger charge is 2.68. The van der Waals surface area contributed by atoms with Crippen molar-refractivity contribution < 1.29 is 4.79 Å². The molecular weight excluding hydrogens is 224 g/mol. The van der Waals surface area contributed by atoms with E-state index in [0.29, 0.717) is 5.92 Å². The molecular formula is C15H28N2O. The maximum atomic E-state index is 12.4. The van der Waals surface area contributed by atoms with Gasteiger partial charge in [0.05, 0.1) is 0 Å². The first-order chi connectivity index (χ1) is 8.28. The van der Waals surface area contributed by atoms with Crippen LogP contribution in [0.15, 0.2) is 0 Å². The minimum atomic E-state index is 0.140. The van der Waals surface area contributed by atoms with Crippen LogP contribution in [0.2, 0.25) is 0 Å². The molecule has 1 heterocycles. The van der Waals surface area contributed by atoms with Gasteiger partial charge in [0.25, 0.3) is 0 Å².